The molecule has 2 nitrogen and oxygen atoms in total. The molecule has 0 saturated heterocycles. The first kappa shape index (κ1) is 18.3. The van der Waals surface area contributed by atoms with Gasteiger partial charge in [-0.25, -0.2) is 0 Å². The maximum absolute atomic E-state index is 5.94. The summed E-state index contributed by atoms with van der Waals surface area (Å²) in [5.41, 5.74) is 13.6. The van der Waals surface area contributed by atoms with Crippen LogP contribution in [0.25, 0.3) is 0 Å². The zero-order valence-electron chi connectivity index (χ0n) is 18.1. The van der Waals surface area contributed by atoms with Crippen LogP contribution in [0.1, 0.15) is 67.5 Å². The maximum Gasteiger partial charge on any atom is 0.123 e. The van der Waals surface area contributed by atoms with Gasteiger partial charge < -0.3 is 9.47 Å². The summed E-state index contributed by atoms with van der Waals surface area (Å²) in [7, 11) is 3.59. The van der Waals surface area contributed by atoms with E-state index in [2.05, 4.69) is 64.1 Å². The molecule has 6 rings (SSSR count). The molecule has 0 aromatic heterocycles. The molecule has 0 saturated carbocycles. The zero-order valence-corrected chi connectivity index (χ0v) is 18.1. The van der Waals surface area contributed by atoms with Crippen molar-refractivity contribution in [2.75, 3.05) is 14.2 Å². The highest BCUT2D eigenvalue weighted by molar-refractivity contribution is 5.68. The molecule has 2 bridgehead atoms. The van der Waals surface area contributed by atoms with Gasteiger partial charge in [-0.05, 0) is 96.3 Å². The molecule has 3 aromatic rings. The molecule has 0 fully saturated rings. The summed E-state index contributed by atoms with van der Waals surface area (Å²) in [6.45, 7) is 8.78. The van der Waals surface area contributed by atoms with E-state index >= 15 is 0 Å². The first-order valence-electron chi connectivity index (χ1n) is 10.4. The van der Waals surface area contributed by atoms with Crippen molar-refractivity contribution in [2.24, 2.45) is 0 Å². The smallest absolute Gasteiger partial charge is 0.123 e. The maximum atomic E-state index is 5.94. The molecule has 0 heterocycles. The Balaban J connectivity index is 1.93. The Morgan fingerprint density at radius 2 is 1.24 bits per heavy atom. The third-order valence-corrected chi connectivity index (χ3v) is 6.92. The van der Waals surface area contributed by atoms with Crippen molar-refractivity contribution in [1.82, 2.24) is 0 Å². The van der Waals surface area contributed by atoms with Gasteiger partial charge in [0.1, 0.15) is 11.5 Å². The van der Waals surface area contributed by atoms with E-state index in [-0.39, 0.29) is 5.92 Å². The minimum Gasteiger partial charge on any atom is -0.496 e. The van der Waals surface area contributed by atoms with Crippen LogP contribution in [0, 0.1) is 27.7 Å². The van der Waals surface area contributed by atoms with E-state index in [1.54, 1.807) is 14.2 Å². The lowest BCUT2D eigenvalue weighted by Gasteiger charge is -2.33. The second kappa shape index (κ2) is 6.38. The highest BCUT2D eigenvalue weighted by Gasteiger charge is 2.41. The summed E-state index contributed by atoms with van der Waals surface area (Å²) in [5, 5.41) is 0. The Bertz CT molecular complexity index is 1160. The zero-order chi connectivity index (χ0) is 20.4. The average molecular weight is 385 g/mol. The molecule has 3 aliphatic carbocycles. The topological polar surface area (TPSA) is 18.5 Å². The second-order valence-electron chi connectivity index (χ2n) is 8.76. The van der Waals surface area contributed by atoms with E-state index in [9.17, 15) is 0 Å². The number of methoxy groups -OCH3 is 2. The van der Waals surface area contributed by atoms with Crippen LogP contribution in [0.2, 0.25) is 0 Å². The van der Waals surface area contributed by atoms with Crippen molar-refractivity contribution < 1.29 is 9.47 Å². The van der Waals surface area contributed by atoms with Gasteiger partial charge in [0.25, 0.3) is 0 Å². The lowest BCUT2D eigenvalue weighted by Crippen LogP contribution is -2.18. The van der Waals surface area contributed by atoms with Crippen molar-refractivity contribution >= 4 is 0 Å². The van der Waals surface area contributed by atoms with Crippen LogP contribution >= 0.6 is 0 Å². The van der Waals surface area contributed by atoms with Crippen LogP contribution in [0.3, 0.4) is 0 Å². The Morgan fingerprint density at radius 3 is 1.90 bits per heavy atom. The summed E-state index contributed by atoms with van der Waals surface area (Å²) in [6.07, 6.45) is 0.963. The summed E-state index contributed by atoms with van der Waals surface area (Å²) in [4.78, 5) is 0. The van der Waals surface area contributed by atoms with Crippen LogP contribution in [-0.2, 0) is 6.42 Å². The molecule has 0 amide bonds. The van der Waals surface area contributed by atoms with E-state index < -0.39 is 0 Å². The molecule has 0 radical (unpaired) electrons. The summed E-state index contributed by atoms with van der Waals surface area (Å²) in [5.74, 6) is 2.52. The SMILES string of the molecule is COc1cc(C)cc2c1CC1c3cc(C)c(C)cc3C2c2c(OC)cc(C)cc21. The molecule has 2 heteroatoms. The highest BCUT2D eigenvalue weighted by atomic mass is 16.5. The third kappa shape index (κ3) is 2.55. The summed E-state index contributed by atoms with van der Waals surface area (Å²) < 4.78 is 11.8. The van der Waals surface area contributed by atoms with Gasteiger partial charge in [0.2, 0.25) is 0 Å². The van der Waals surface area contributed by atoms with Crippen molar-refractivity contribution in [3.8, 4) is 11.5 Å². The Kier molecular flexibility index (Phi) is 4.03. The number of benzene rings is 3. The molecule has 0 N–H and O–H groups in total. The fraction of sp³-hybridized carbons (Fsp3) is 0.333. The van der Waals surface area contributed by atoms with E-state index in [1.807, 2.05) is 0 Å². The third-order valence-electron chi connectivity index (χ3n) is 6.92. The van der Waals surface area contributed by atoms with E-state index in [4.69, 9.17) is 9.47 Å². The molecule has 2 atom stereocenters. The first-order chi connectivity index (χ1) is 13.9. The fourth-order valence-electron chi connectivity index (χ4n) is 5.51. The number of hydrogen-bond donors (Lipinski definition) is 0. The van der Waals surface area contributed by atoms with Crippen molar-refractivity contribution in [3.63, 3.8) is 0 Å². The molecule has 3 aromatic carbocycles. The molecular weight excluding hydrogens is 356 g/mol. The van der Waals surface area contributed by atoms with Gasteiger partial charge in [0.05, 0.1) is 14.2 Å². The number of hydrogen-bond acceptors (Lipinski definition) is 2. The van der Waals surface area contributed by atoms with Gasteiger partial charge in [0.15, 0.2) is 0 Å². The van der Waals surface area contributed by atoms with Crippen molar-refractivity contribution in [1.29, 1.82) is 0 Å². The molecule has 2 unspecified atom stereocenters. The van der Waals surface area contributed by atoms with Crippen LogP contribution < -0.4 is 9.47 Å². The van der Waals surface area contributed by atoms with Gasteiger partial charge in [-0.3, -0.25) is 0 Å². The highest BCUT2D eigenvalue weighted by Crippen LogP contribution is 2.56. The molecule has 3 aliphatic rings. The lowest BCUT2D eigenvalue weighted by molar-refractivity contribution is 0.407. The van der Waals surface area contributed by atoms with Crippen molar-refractivity contribution in [3.05, 3.63) is 92.0 Å². The average Bonchev–Trinajstić information content (AvgIpc) is 2.91. The normalized spacial score (nSPS) is 18.6. The van der Waals surface area contributed by atoms with Crippen LogP contribution in [0.4, 0.5) is 0 Å². The molecule has 0 aliphatic heterocycles. The van der Waals surface area contributed by atoms with Gasteiger partial charge in [-0.2, -0.15) is 0 Å². The van der Waals surface area contributed by atoms with Gasteiger partial charge in [-0.1, -0.05) is 24.3 Å². The Morgan fingerprint density at radius 1 is 0.655 bits per heavy atom. The quantitative estimate of drug-likeness (QED) is 0.530. The summed E-state index contributed by atoms with van der Waals surface area (Å²) in [6, 6.07) is 13.9. The van der Waals surface area contributed by atoms with Gasteiger partial charge in [0, 0.05) is 17.4 Å². The van der Waals surface area contributed by atoms with Crippen LogP contribution in [0.5, 0.6) is 11.5 Å². The van der Waals surface area contributed by atoms with E-state index in [0.29, 0.717) is 5.92 Å². The monoisotopic (exact) mass is 384 g/mol. The lowest BCUT2D eigenvalue weighted by atomic mass is 9.71. The largest absolute Gasteiger partial charge is 0.496 e. The standard InChI is InChI=1S/C27H28O2/c1-14-8-22-20(24(9-14)28-5)13-19-18-11-16(3)17(4)12-23(18)26(22)27-21(19)7-15(2)10-25(27)29-6/h7-12,19,26H,13H2,1-6H3. The summed E-state index contributed by atoms with van der Waals surface area (Å²) >= 11 is 0. The number of rotatable bonds is 2. The van der Waals surface area contributed by atoms with Crippen LogP contribution in [0.15, 0.2) is 36.4 Å². The Hall–Kier alpha value is -2.74. The fourth-order valence-corrected chi connectivity index (χ4v) is 5.51. The van der Waals surface area contributed by atoms with E-state index in [0.717, 1.165) is 17.9 Å². The molecular formula is C27H28O2. The van der Waals surface area contributed by atoms with Gasteiger partial charge in [-0.15, -0.1) is 0 Å². The van der Waals surface area contributed by atoms with E-state index in [1.165, 1.54) is 55.6 Å². The predicted octanol–water partition coefficient (Wildman–Crippen LogP) is 6.12. The number of ether oxygens (including phenoxy) is 2. The first-order valence-corrected chi connectivity index (χ1v) is 10.4. The second-order valence-corrected chi connectivity index (χ2v) is 8.76. The van der Waals surface area contributed by atoms with Gasteiger partial charge >= 0.3 is 0 Å². The number of aryl methyl sites for hydroxylation is 4. The van der Waals surface area contributed by atoms with Crippen molar-refractivity contribution in [2.45, 2.75) is 46.0 Å². The molecule has 0 spiro atoms. The minimum atomic E-state index is 0.178. The Labute approximate surface area is 173 Å². The predicted molar refractivity (Wildman–Crippen MR) is 118 cm³/mol. The minimum absolute atomic E-state index is 0.178. The molecule has 29 heavy (non-hydrogen) atoms. The van der Waals surface area contributed by atoms with Crippen LogP contribution in [-0.4, -0.2) is 14.2 Å². The molecule has 148 valence electrons.